The summed E-state index contributed by atoms with van der Waals surface area (Å²) < 4.78 is 25.4. The number of carbonyl (C=O) groups is 1. The number of hydrogen-bond acceptors (Lipinski definition) is 8. The minimum atomic E-state index is -2.46. The van der Waals surface area contributed by atoms with Crippen molar-refractivity contribution in [1.82, 2.24) is 10.2 Å². The minimum absolute atomic E-state index is 0.188. The van der Waals surface area contributed by atoms with Crippen LogP contribution in [0.3, 0.4) is 0 Å². The normalized spacial score (nSPS) is 12.1. The van der Waals surface area contributed by atoms with Gasteiger partial charge in [0, 0.05) is 22.0 Å². The molecule has 1 amide bonds. The summed E-state index contributed by atoms with van der Waals surface area (Å²) in [6.07, 6.45) is 0.924. The van der Waals surface area contributed by atoms with Gasteiger partial charge < -0.3 is 10.6 Å². The van der Waals surface area contributed by atoms with Crippen molar-refractivity contribution in [3.63, 3.8) is 0 Å². The molecule has 0 saturated heterocycles. The number of alkyl halides is 2. The van der Waals surface area contributed by atoms with Gasteiger partial charge in [0.05, 0.1) is 5.25 Å². The number of thioether (sulfide) groups is 2. The first-order valence-corrected chi connectivity index (χ1v) is 12.1. The summed E-state index contributed by atoms with van der Waals surface area (Å²) in [6, 6.07) is 10.5. The Bertz CT molecular complexity index is 903. The molecule has 0 spiro atoms. The third-order valence-corrected chi connectivity index (χ3v) is 7.35. The molecule has 0 aliphatic carbocycles. The number of aromatic nitrogens is 2. The number of nitrogens with one attached hydrogen (secondary N) is 2. The zero-order chi connectivity index (χ0) is 20.6. The molecular weight excluding hydrogens is 454 g/mol. The van der Waals surface area contributed by atoms with E-state index >= 15 is 0 Å². The van der Waals surface area contributed by atoms with E-state index < -0.39 is 5.76 Å². The number of rotatable bonds is 10. The Balaban J connectivity index is 1.45. The van der Waals surface area contributed by atoms with Crippen molar-refractivity contribution < 1.29 is 13.6 Å². The van der Waals surface area contributed by atoms with Crippen molar-refractivity contribution in [2.45, 2.75) is 33.6 Å². The lowest BCUT2D eigenvalue weighted by Gasteiger charge is -2.10. The number of hydrogen-bond donors (Lipinski definition) is 2. The standard InChI is InChI=1S/C18H18F2N4OS4/c1-11(15(25)22-12-4-6-14(7-5-12)28-16(19)20)27-18-24-23-17(29-18)21-9-8-13-3-2-10-26-13/h2-7,10-11,16H,8-9H2,1H3,(H,21,23)(H,22,25). The number of anilines is 2. The van der Waals surface area contributed by atoms with E-state index in [2.05, 4.69) is 32.3 Å². The van der Waals surface area contributed by atoms with Gasteiger partial charge in [0.15, 0.2) is 4.34 Å². The van der Waals surface area contributed by atoms with E-state index in [0.29, 0.717) is 26.7 Å². The van der Waals surface area contributed by atoms with Crippen molar-refractivity contribution in [3.8, 4) is 0 Å². The van der Waals surface area contributed by atoms with Crippen LogP contribution in [0.4, 0.5) is 19.6 Å². The zero-order valence-corrected chi connectivity index (χ0v) is 18.6. The molecule has 0 fully saturated rings. The number of carbonyl (C=O) groups excluding carboxylic acids is 1. The van der Waals surface area contributed by atoms with Crippen LogP contribution < -0.4 is 10.6 Å². The van der Waals surface area contributed by atoms with Gasteiger partial charge in [0.2, 0.25) is 11.0 Å². The SMILES string of the molecule is CC(Sc1nnc(NCCc2cccs2)s1)C(=O)Nc1ccc(SC(F)F)cc1. The topological polar surface area (TPSA) is 66.9 Å². The van der Waals surface area contributed by atoms with Crippen molar-refractivity contribution >= 4 is 62.9 Å². The summed E-state index contributed by atoms with van der Waals surface area (Å²) in [5.74, 6) is -2.65. The molecule has 1 aromatic carbocycles. The van der Waals surface area contributed by atoms with E-state index in [9.17, 15) is 13.6 Å². The first-order chi connectivity index (χ1) is 14.0. The van der Waals surface area contributed by atoms with Crippen LogP contribution in [0.5, 0.6) is 0 Å². The molecule has 0 saturated carbocycles. The molecule has 2 N–H and O–H groups in total. The second-order valence-electron chi connectivity index (χ2n) is 5.78. The van der Waals surface area contributed by atoms with Gasteiger partial charge >= 0.3 is 0 Å². The summed E-state index contributed by atoms with van der Waals surface area (Å²) in [6.45, 7) is 2.56. The molecule has 2 aromatic heterocycles. The molecular formula is C18H18F2N4OS4. The second kappa shape index (κ2) is 10.9. The van der Waals surface area contributed by atoms with Crippen LogP contribution in [-0.2, 0) is 11.2 Å². The quantitative estimate of drug-likeness (QED) is 0.370. The van der Waals surface area contributed by atoms with Crippen molar-refractivity contribution in [2.24, 2.45) is 0 Å². The summed E-state index contributed by atoms with van der Waals surface area (Å²) in [4.78, 5) is 14.1. The Morgan fingerprint density at radius 2 is 1.97 bits per heavy atom. The molecule has 0 bridgehead atoms. The van der Waals surface area contributed by atoms with E-state index in [1.54, 1.807) is 42.5 Å². The van der Waals surface area contributed by atoms with E-state index in [1.807, 2.05) is 6.07 Å². The summed E-state index contributed by atoms with van der Waals surface area (Å²) in [5.41, 5.74) is 0.564. The van der Waals surface area contributed by atoms with Crippen molar-refractivity contribution in [3.05, 3.63) is 46.7 Å². The first kappa shape index (κ1) is 22.0. The molecule has 29 heavy (non-hydrogen) atoms. The molecule has 3 rings (SSSR count). The van der Waals surface area contributed by atoms with Gasteiger partial charge in [-0.15, -0.1) is 21.5 Å². The Labute approximate surface area is 183 Å². The summed E-state index contributed by atoms with van der Waals surface area (Å²) >= 11 is 4.93. The fourth-order valence-corrected chi connectivity index (χ4v) is 5.37. The highest BCUT2D eigenvalue weighted by molar-refractivity contribution is 8.02. The van der Waals surface area contributed by atoms with Gasteiger partial charge in [-0.25, -0.2) is 0 Å². The Morgan fingerprint density at radius 1 is 1.17 bits per heavy atom. The molecule has 1 atom stereocenters. The number of thiophene rings is 1. The molecule has 0 radical (unpaired) electrons. The lowest BCUT2D eigenvalue weighted by Crippen LogP contribution is -2.22. The van der Waals surface area contributed by atoms with Crippen LogP contribution in [0.1, 0.15) is 11.8 Å². The average molecular weight is 473 g/mol. The summed E-state index contributed by atoms with van der Waals surface area (Å²) in [7, 11) is 0. The monoisotopic (exact) mass is 472 g/mol. The van der Waals surface area contributed by atoms with E-state index in [-0.39, 0.29) is 11.2 Å². The fraction of sp³-hybridized carbons (Fsp3) is 0.278. The van der Waals surface area contributed by atoms with E-state index in [1.165, 1.54) is 28.0 Å². The molecule has 3 aromatic rings. The van der Waals surface area contributed by atoms with Gasteiger partial charge in [-0.05, 0) is 49.1 Å². The average Bonchev–Trinajstić information content (AvgIpc) is 3.35. The van der Waals surface area contributed by atoms with Crippen LogP contribution in [0, 0.1) is 0 Å². The highest BCUT2D eigenvalue weighted by atomic mass is 32.2. The largest absolute Gasteiger partial charge is 0.360 e. The maximum atomic E-state index is 12.4. The summed E-state index contributed by atoms with van der Waals surface area (Å²) in [5, 5.41) is 16.7. The highest BCUT2D eigenvalue weighted by Gasteiger charge is 2.17. The number of nitrogens with zero attached hydrogens (tertiary/aromatic N) is 2. The third-order valence-electron chi connectivity index (χ3n) is 3.63. The predicted molar refractivity (Wildman–Crippen MR) is 119 cm³/mol. The van der Waals surface area contributed by atoms with Gasteiger partial charge in [0.1, 0.15) is 0 Å². The van der Waals surface area contributed by atoms with E-state index in [0.717, 1.165) is 18.1 Å². The molecule has 0 aliphatic rings. The lowest BCUT2D eigenvalue weighted by atomic mass is 10.3. The lowest BCUT2D eigenvalue weighted by molar-refractivity contribution is -0.115. The van der Waals surface area contributed by atoms with Crippen LogP contribution in [0.15, 0.2) is 51.0 Å². The molecule has 1 unspecified atom stereocenters. The maximum absolute atomic E-state index is 12.4. The van der Waals surface area contributed by atoms with Gasteiger partial charge in [-0.1, -0.05) is 40.9 Å². The third kappa shape index (κ3) is 7.25. The maximum Gasteiger partial charge on any atom is 0.288 e. The van der Waals surface area contributed by atoms with Crippen LogP contribution in [0.2, 0.25) is 0 Å². The van der Waals surface area contributed by atoms with Gasteiger partial charge in [-0.2, -0.15) is 8.78 Å². The Morgan fingerprint density at radius 3 is 2.66 bits per heavy atom. The first-order valence-electron chi connectivity index (χ1n) is 8.62. The van der Waals surface area contributed by atoms with Gasteiger partial charge in [0.25, 0.3) is 5.76 Å². The van der Waals surface area contributed by atoms with Crippen molar-refractivity contribution in [2.75, 3.05) is 17.2 Å². The van der Waals surface area contributed by atoms with Crippen molar-refractivity contribution in [1.29, 1.82) is 0 Å². The van der Waals surface area contributed by atoms with Crippen LogP contribution in [-0.4, -0.2) is 33.7 Å². The number of benzene rings is 1. The molecule has 2 heterocycles. The Hall–Kier alpha value is -1.69. The molecule has 11 heteroatoms. The highest BCUT2D eigenvalue weighted by Crippen LogP contribution is 2.30. The van der Waals surface area contributed by atoms with E-state index in [4.69, 9.17) is 0 Å². The number of amides is 1. The van der Waals surface area contributed by atoms with Gasteiger partial charge in [-0.3, -0.25) is 4.79 Å². The molecule has 5 nitrogen and oxygen atoms in total. The molecule has 154 valence electrons. The van der Waals surface area contributed by atoms with Crippen LogP contribution >= 0.6 is 46.2 Å². The number of halogens is 2. The molecule has 0 aliphatic heterocycles. The fourth-order valence-electron chi connectivity index (χ4n) is 2.24. The minimum Gasteiger partial charge on any atom is -0.360 e. The van der Waals surface area contributed by atoms with Crippen LogP contribution in [0.25, 0.3) is 0 Å². The second-order valence-corrected chi connectivity index (χ2v) is 10.4. The smallest absolute Gasteiger partial charge is 0.288 e. The predicted octanol–water partition coefficient (Wildman–Crippen LogP) is 5.69. The Kier molecular flexibility index (Phi) is 8.28. The zero-order valence-electron chi connectivity index (χ0n) is 15.3.